The van der Waals surface area contributed by atoms with Gasteiger partial charge in [-0.2, -0.15) is 5.10 Å². The molecule has 1 aliphatic heterocycles. The first-order valence-electron chi connectivity index (χ1n) is 9.15. The molecule has 1 aliphatic rings. The summed E-state index contributed by atoms with van der Waals surface area (Å²) in [6.45, 7) is 3.15. The van der Waals surface area contributed by atoms with Crippen LogP contribution in [0, 0.1) is 18.7 Å². The molecule has 7 nitrogen and oxygen atoms in total. The summed E-state index contributed by atoms with van der Waals surface area (Å²) in [5.41, 5.74) is 0.246. The lowest BCUT2D eigenvalue weighted by Crippen LogP contribution is -2.39. The minimum Gasteiger partial charge on any atom is -0.337 e. The van der Waals surface area contributed by atoms with Gasteiger partial charge in [-0.1, -0.05) is 12.1 Å². The summed E-state index contributed by atoms with van der Waals surface area (Å²) in [5, 5.41) is 9.19. The molecule has 0 atom stereocenters. The van der Waals surface area contributed by atoms with Crippen LogP contribution in [-0.2, 0) is 6.42 Å². The van der Waals surface area contributed by atoms with Crippen LogP contribution in [-0.4, -0.2) is 43.6 Å². The number of aromatic nitrogens is 4. The number of nitrogens with one attached hydrogen (secondary N) is 1. The number of rotatable bonds is 4. The Kier molecular flexibility index (Phi) is 5.08. The molecule has 3 heterocycles. The number of thiazole rings is 1. The molecule has 1 aromatic carbocycles. The third-order valence-electron chi connectivity index (χ3n) is 5.05. The molecule has 1 saturated heterocycles. The van der Waals surface area contributed by atoms with Crippen LogP contribution in [0.4, 0.5) is 4.39 Å². The zero-order valence-electron chi connectivity index (χ0n) is 15.4. The van der Waals surface area contributed by atoms with E-state index in [1.165, 1.54) is 22.0 Å². The van der Waals surface area contributed by atoms with Crippen LogP contribution in [0.15, 0.2) is 34.4 Å². The summed E-state index contributed by atoms with van der Waals surface area (Å²) < 4.78 is 15.4. The van der Waals surface area contributed by atoms with Gasteiger partial charge in [0.15, 0.2) is 0 Å². The maximum Gasteiger partial charge on any atom is 0.348 e. The zero-order valence-corrected chi connectivity index (χ0v) is 16.2. The van der Waals surface area contributed by atoms with Crippen molar-refractivity contribution in [2.75, 3.05) is 13.1 Å². The van der Waals surface area contributed by atoms with Crippen molar-refractivity contribution in [1.29, 1.82) is 0 Å². The van der Waals surface area contributed by atoms with E-state index in [4.69, 9.17) is 0 Å². The average Bonchev–Trinajstić information content (AvgIpc) is 3.28. The maximum absolute atomic E-state index is 14.1. The van der Waals surface area contributed by atoms with Gasteiger partial charge in [0.25, 0.3) is 5.91 Å². The Labute approximate surface area is 164 Å². The summed E-state index contributed by atoms with van der Waals surface area (Å²) >= 11 is 1.47. The zero-order chi connectivity index (χ0) is 19.7. The van der Waals surface area contributed by atoms with Gasteiger partial charge in [0.1, 0.15) is 17.3 Å². The van der Waals surface area contributed by atoms with E-state index in [0.717, 1.165) is 17.8 Å². The highest BCUT2D eigenvalue weighted by molar-refractivity contribution is 7.09. The number of amides is 1. The first kappa shape index (κ1) is 18.5. The lowest BCUT2D eigenvalue weighted by atomic mass is 9.93. The number of H-pyrrole nitrogens is 1. The summed E-state index contributed by atoms with van der Waals surface area (Å²) in [6.07, 6.45) is 2.14. The Balaban J connectivity index is 1.44. The predicted molar refractivity (Wildman–Crippen MR) is 103 cm³/mol. The number of halogens is 1. The van der Waals surface area contributed by atoms with Crippen LogP contribution < -0.4 is 5.69 Å². The number of piperidine rings is 1. The molecule has 0 aliphatic carbocycles. The molecule has 0 spiro atoms. The van der Waals surface area contributed by atoms with Crippen molar-refractivity contribution in [2.45, 2.75) is 26.2 Å². The van der Waals surface area contributed by atoms with Gasteiger partial charge < -0.3 is 4.90 Å². The molecular formula is C19H20FN5O2S. The van der Waals surface area contributed by atoms with Crippen molar-refractivity contribution in [3.05, 3.63) is 62.5 Å². The topological polar surface area (TPSA) is 83.9 Å². The molecule has 1 N–H and O–H groups in total. The smallest absolute Gasteiger partial charge is 0.337 e. The molecule has 0 saturated carbocycles. The number of benzene rings is 1. The summed E-state index contributed by atoms with van der Waals surface area (Å²) in [6, 6.07) is 6.15. The van der Waals surface area contributed by atoms with E-state index in [-0.39, 0.29) is 17.5 Å². The number of carbonyl (C=O) groups excluding carboxylic acids is 1. The van der Waals surface area contributed by atoms with E-state index in [0.29, 0.717) is 31.0 Å². The molecule has 1 amide bonds. The van der Waals surface area contributed by atoms with Gasteiger partial charge in [-0.25, -0.2) is 23.8 Å². The van der Waals surface area contributed by atoms with Gasteiger partial charge in [0, 0.05) is 24.9 Å². The van der Waals surface area contributed by atoms with E-state index >= 15 is 0 Å². The largest absolute Gasteiger partial charge is 0.348 e. The molecule has 28 heavy (non-hydrogen) atoms. The number of aromatic amines is 1. The number of carbonyl (C=O) groups is 1. The van der Waals surface area contributed by atoms with Crippen molar-refractivity contribution in [2.24, 2.45) is 5.92 Å². The summed E-state index contributed by atoms with van der Waals surface area (Å²) in [4.78, 5) is 30.8. The van der Waals surface area contributed by atoms with Gasteiger partial charge in [-0.15, -0.1) is 11.3 Å². The van der Waals surface area contributed by atoms with Crippen LogP contribution in [0.1, 0.15) is 34.2 Å². The van der Waals surface area contributed by atoms with Crippen LogP contribution in [0.2, 0.25) is 0 Å². The van der Waals surface area contributed by atoms with Gasteiger partial charge in [0.05, 0.1) is 10.7 Å². The van der Waals surface area contributed by atoms with Crippen molar-refractivity contribution in [3.63, 3.8) is 0 Å². The number of para-hydroxylation sites is 1. The minimum atomic E-state index is -0.466. The number of nitrogens with zero attached hydrogens (tertiary/aromatic N) is 4. The normalized spacial score (nSPS) is 15.1. The first-order valence-corrected chi connectivity index (χ1v) is 10.0. The second kappa shape index (κ2) is 7.67. The fourth-order valence-corrected chi connectivity index (χ4v) is 4.16. The molecule has 1 fully saturated rings. The van der Waals surface area contributed by atoms with E-state index < -0.39 is 11.5 Å². The molecule has 146 valence electrons. The van der Waals surface area contributed by atoms with E-state index in [9.17, 15) is 14.0 Å². The Morgan fingerprint density at radius 3 is 2.75 bits per heavy atom. The van der Waals surface area contributed by atoms with Crippen LogP contribution in [0.3, 0.4) is 0 Å². The van der Waals surface area contributed by atoms with E-state index in [1.807, 2.05) is 11.8 Å². The Morgan fingerprint density at radius 1 is 1.32 bits per heavy atom. The van der Waals surface area contributed by atoms with Gasteiger partial charge >= 0.3 is 5.69 Å². The van der Waals surface area contributed by atoms with Crippen molar-refractivity contribution in [3.8, 4) is 5.69 Å². The van der Waals surface area contributed by atoms with Gasteiger partial charge in [-0.3, -0.25) is 4.79 Å². The Morgan fingerprint density at radius 2 is 2.07 bits per heavy atom. The van der Waals surface area contributed by atoms with E-state index in [1.54, 1.807) is 23.6 Å². The number of likely N-dealkylation sites (tertiary alicyclic amines) is 1. The molecular weight excluding hydrogens is 381 g/mol. The predicted octanol–water partition coefficient (Wildman–Crippen LogP) is 2.56. The average molecular weight is 401 g/mol. The highest BCUT2D eigenvalue weighted by Crippen LogP contribution is 2.23. The van der Waals surface area contributed by atoms with Crippen LogP contribution in [0.5, 0.6) is 0 Å². The second-order valence-corrected chi connectivity index (χ2v) is 7.99. The third-order valence-corrected chi connectivity index (χ3v) is 5.82. The fraction of sp³-hybridized carbons (Fsp3) is 0.368. The fourth-order valence-electron chi connectivity index (χ4n) is 3.57. The molecule has 2 aromatic heterocycles. The first-order chi connectivity index (χ1) is 13.5. The quantitative estimate of drug-likeness (QED) is 0.728. The number of hydrogen-bond donors (Lipinski definition) is 1. The minimum absolute atomic E-state index is 0.0363. The van der Waals surface area contributed by atoms with Gasteiger partial charge in [0.2, 0.25) is 0 Å². The molecule has 3 aromatic rings. The highest BCUT2D eigenvalue weighted by Gasteiger charge is 2.26. The van der Waals surface area contributed by atoms with E-state index in [2.05, 4.69) is 15.2 Å². The number of aryl methyl sites for hydroxylation is 1. The standard InChI is InChI=1S/C19H20FN5O2S/c1-12-21-15(11-28-12)18(26)24-8-6-13(7-9-24)10-17-22-23-19(27)25(17)16-5-3-2-4-14(16)20/h2-5,11,13H,6-10H2,1H3,(H,23,27). The number of hydrogen-bond acceptors (Lipinski definition) is 5. The Hall–Kier alpha value is -2.81. The SMILES string of the molecule is Cc1nc(C(=O)N2CCC(Cc3n[nH]c(=O)n3-c3ccccc3F)CC2)cs1. The maximum atomic E-state index is 14.1. The summed E-state index contributed by atoms with van der Waals surface area (Å²) in [7, 11) is 0. The van der Waals surface area contributed by atoms with Gasteiger partial charge in [-0.05, 0) is 37.8 Å². The lowest BCUT2D eigenvalue weighted by Gasteiger charge is -2.31. The monoisotopic (exact) mass is 401 g/mol. The lowest BCUT2D eigenvalue weighted by molar-refractivity contribution is 0.0684. The third kappa shape index (κ3) is 3.62. The molecule has 4 rings (SSSR count). The van der Waals surface area contributed by atoms with Crippen LogP contribution in [0.25, 0.3) is 5.69 Å². The molecule has 0 bridgehead atoms. The molecule has 9 heteroatoms. The Bertz CT molecular complexity index is 1050. The summed E-state index contributed by atoms with van der Waals surface area (Å²) in [5.74, 6) is 0.272. The van der Waals surface area contributed by atoms with Crippen molar-refractivity contribution < 1.29 is 9.18 Å². The highest BCUT2D eigenvalue weighted by atomic mass is 32.1. The van der Waals surface area contributed by atoms with Crippen molar-refractivity contribution >= 4 is 17.2 Å². The van der Waals surface area contributed by atoms with Crippen molar-refractivity contribution in [1.82, 2.24) is 24.6 Å². The second-order valence-electron chi connectivity index (χ2n) is 6.92. The van der Waals surface area contributed by atoms with Crippen LogP contribution >= 0.6 is 11.3 Å². The molecule has 0 radical (unpaired) electrons. The molecule has 0 unspecified atom stereocenters.